The lowest BCUT2D eigenvalue weighted by molar-refractivity contribution is -0.146. The Morgan fingerprint density at radius 2 is 2.22 bits per heavy atom. The predicted octanol–water partition coefficient (Wildman–Crippen LogP) is 0.457. The molecule has 0 aromatic carbocycles. The zero-order valence-corrected chi connectivity index (χ0v) is 10.7. The molecule has 2 amide bonds. The van der Waals surface area contributed by atoms with E-state index in [9.17, 15) is 9.59 Å². The first-order chi connectivity index (χ1) is 8.35. The largest absolute Gasteiger partial charge is 0.480 e. The SMILES string of the molecule is CN(C(=O)NCCc1ncc[nH]1)C(C)(C)C(=O)O. The number of hydrogen-bond donors (Lipinski definition) is 3. The maximum atomic E-state index is 11.7. The highest BCUT2D eigenvalue weighted by atomic mass is 16.4. The van der Waals surface area contributed by atoms with Gasteiger partial charge >= 0.3 is 12.0 Å². The van der Waals surface area contributed by atoms with Gasteiger partial charge in [0, 0.05) is 32.4 Å². The van der Waals surface area contributed by atoms with Crippen LogP contribution in [0.1, 0.15) is 19.7 Å². The molecule has 0 atom stereocenters. The summed E-state index contributed by atoms with van der Waals surface area (Å²) in [5.41, 5.74) is -1.24. The van der Waals surface area contributed by atoms with Crippen LogP contribution in [0.2, 0.25) is 0 Å². The topological polar surface area (TPSA) is 98.3 Å². The summed E-state index contributed by atoms with van der Waals surface area (Å²) in [5.74, 6) is -0.276. The highest BCUT2D eigenvalue weighted by molar-refractivity contribution is 5.85. The van der Waals surface area contributed by atoms with Crippen molar-refractivity contribution in [2.45, 2.75) is 25.8 Å². The van der Waals surface area contributed by atoms with Crippen molar-refractivity contribution in [2.75, 3.05) is 13.6 Å². The number of hydrogen-bond acceptors (Lipinski definition) is 3. The van der Waals surface area contributed by atoms with E-state index in [1.165, 1.54) is 20.9 Å². The van der Waals surface area contributed by atoms with Crippen LogP contribution in [0, 0.1) is 0 Å². The number of carboxylic acids is 1. The Morgan fingerprint density at radius 1 is 1.56 bits per heavy atom. The maximum absolute atomic E-state index is 11.7. The Hall–Kier alpha value is -2.05. The number of carboxylic acid groups (broad SMARTS) is 1. The van der Waals surface area contributed by atoms with Gasteiger partial charge in [-0.3, -0.25) is 0 Å². The number of rotatable bonds is 5. The lowest BCUT2D eigenvalue weighted by Crippen LogP contribution is -2.54. The van der Waals surface area contributed by atoms with Gasteiger partial charge in [0.15, 0.2) is 0 Å². The third-order valence-corrected chi connectivity index (χ3v) is 2.86. The Labute approximate surface area is 105 Å². The molecule has 18 heavy (non-hydrogen) atoms. The van der Waals surface area contributed by atoms with Crippen molar-refractivity contribution in [3.05, 3.63) is 18.2 Å². The fraction of sp³-hybridized carbons (Fsp3) is 0.545. The molecule has 100 valence electrons. The van der Waals surface area contributed by atoms with Crippen LogP contribution < -0.4 is 5.32 Å². The Morgan fingerprint density at radius 3 is 2.72 bits per heavy atom. The van der Waals surface area contributed by atoms with Gasteiger partial charge in [0.2, 0.25) is 0 Å². The minimum atomic E-state index is -1.24. The van der Waals surface area contributed by atoms with Crippen LogP contribution in [-0.2, 0) is 11.2 Å². The van der Waals surface area contributed by atoms with Gasteiger partial charge in [-0.05, 0) is 13.8 Å². The number of aromatic nitrogens is 2. The second-order valence-electron chi connectivity index (χ2n) is 4.44. The average Bonchev–Trinajstić information content (AvgIpc) is 2.80. The van der Waals surface area contributed by atoms with E-state index in [2.05, 4.69) is 15.3 Å². The summed E-state index contributed by atoms with van der Waals surface area (Å²) >= 11 is 0. The lowest BCUT2D eigenvalue weighted by Gasteiger charge is -2.31. The molecule has 0 fully saturated rings. The van der Waals surface area contributed by atoms with Crippen LogP contribution in [-0.4, -0.2) is 51.1 Å². The van der Waals surface area contributed by atoms with Crippen LogP contribution >= 0.6 is 0 Å². The molecule has 3 N–H and O–H groups in total. The highest BCUT2D eigenvalue weighted by Gasteiger charge is 2.35. The predicted molar refractivity (Wildman–Crippen MR) is 65.2 cm³/mol. The first kappa shape index (κ1) is 14.0. The molecule has 0 spiro atoms. The minimum absolute atomic E-state index is 0.395. The molecule has 0 radical (unpaired) electrons. The third kappa shape index (κ3) is 3.22. The van der Waals surface area contributed by atoms with Crippen molar-refractivity contribution >= 4 is 12.0 Å². The number of imidazole rings is 1. The number of aliphatic carboxylic acids is 1. The van der Waals surface area contributed by atoms with Crippen molar-refractivity contribution in [1.29, 1.82) is 0 Å². The summed E-state index contributed by atoms with van der Waals surface area (Å²) < 4.78 is 0. The normalized spacial score (nSPS) is 11.1. The molecule has 0 aliphatic carbocycles. The average molecular weight is 254 g/mol. The molecule has 1 aromatic rings. The summed E-state index contributed by atoms with van der Waals surface area (Å²) in [6, 6.07) is -0.422. The molecule has 0 saturated carbocycles. The van der Waals surface area contributed by atoms with Gasteiger partial charge in [-0.25, -0.2) is 14.6 Å². The van der Waals surface area contributed by atoms with E-state index >= 15 is 0 Å². The molecule has 1 rings (SSSR count). The quantitative estimate of drug-likeness (QED) is 0.710. The summed E-state index contributed by atoms with van der Waals surface area (Å²) in [6.45, 7) is 3.34. The molecule has 7 heteroatoms. The van der Waals surface area contributed by atoms with E-state index in [0.29, 0.717) is 13.0 Å². The number of H-pyrrole nitrogens is 1. The smallest absolute Gasteiger partial charge is 0.329 e. The molecule has 1 aromatic heterocycles. The first-order valence-electron chi connectivity index (χ1n) is 5.59. The molecule has 0 saturated heterocycles. The van der Waals surface area contributed by atoms with E-state index in [4.69, 9.17) is 5.11 Å². The molecular formula is C11H18N4O3. The summed E-state index contributed by atoms with van der Waals surface area (Å²) in [4.78, 5) is 30.8. The lowest BCUT2D eigenvalue weighted by atomic mass is 10.1. The number of likely N-dealkylation sites (N-methyl/N-ethyl adjacent to an activating group) is 1. The molecule has 1 heterocycles. The molecule has 0 aliphatic rings. The second-order valence-corrected chi connectivity index (χ2v) is 4.44. The fourth-order valence-corrected chi connectivity index (χ4v) is 1.24. The van der Waals surface area contributed by atoms with Crippen LogP contribution in [0.25, 0.3) is 0 Å². The number of carbonyl (C=O) groups excluding carboxylic acids is 1. The summed E-state index contributed by atoms with van der Waals surface area (Å²) in [7, 11) is 1.45. The van der Waals surface area contributed by atoms with E-state index < -0.39 is 17.5 Å². The summed E-state index contributed by atoms with van der Waals surface area (Å²) in [5, 5.41) is 11.6. The Bertz CT molecular complexity index is 414. The van der Waals surface area contributed by atoms with E-state index in [-0.39, 0.29) is 0 Å². The van der Waals surface area contributed by atoms with E-state index in [1.54, 1.807) is 12.4 Å². The number of nitrogens with one attached hydrogen (secondary N) is 2. The molecule has 0 bridgehead atoms. The van der Waals surface area contributed by atoms with Gasteiger partial charge in [-0.15, -0.1) is 0 Å². The van der Waals surface area contributed by atoms with E-state index in [0.717, 1.165) is 10.7 Å². The number of carbonyl (C=O) groups is 2. The maximum Gasteiger partial charge on any atom is 0.329 e. The monoisotopic (exact) mass is 254 g/mol. The zero-order valence-electron chi connectivity index (χ0n) is 10.7. The van der Waals surface area contributed by atoms with Gasteiger partial charge < -0.3 is 20.3 Å². The molecule has 0 aliphatic heterocycles. The first-order valence-corrected chi connectivity index (χ1v) is 5.59. The van der Waals surface area contributed by atoms with Crippen LogP contribution in [0.3, 0.4) is 0 Å². The Balaban J connectivity index is 2.43. The minimum Gasteiger partial charge on any atom is -0.480 e. The van der Waals surface area contributed by atoms with Crippen molar-refractivity contribution in [1.82, 2.24) is 20.2 Å². The molecular weight excluding hydrogens is 236 g/mol. The standard InChI is InChI=1S/C11H18N4O3/c1-11(2,9(16)17)15(3)10(18)14-5-4-8-12-6-7-13-8/h6-7H,4-5H2,1-3H3,(H,12,13)(H,14,18)(H,16,17). The fourth-order valence-electron chi connectivity index (χ4n) is 1.24. The third-order valence-electron chi connectivity index (χ3n) is 2.86. The zero-order chi connectivity index (χ0) is 13.8. The van der Waals surface area contributed by atoms with Crippen molar-refractivity contribution in [3.8, 4) is 0 Å². The van der Waals surface area contributed by atoms with Crippen LogP contribution in [0.5, 0.6) is 0 Å². The van der Waals surface area contributed by atoms with Crippen LogP contribution in [0.4, 0.5) is 4.79 Å². The number of urea groups is 1. The number of aromatic amines is 1. The van der Waals surface area contributed by atoms with Crippen molar-refractivity contribution in [2.24, 2.45) is 0 Å². The van der Waals surface area contributed by atoms with Gasteiger partial charge in [-0.1, -0.05) is 0 Å². The number of nitrogens with zero attached hydrogens (tertiary/aromatic N) is 2. The van der Waals surface area contributed by atoms with Gasteiger partial charge in [-0.2, -0.15) is 0 Å². The van der Waals surface area contributed by atoms with Crippen molar-refractivity contribution < 1.29 is 14.7 Å². The van der Waals surface area contributed by atoms with Gasteiger partial charge in [0.25, 0.3) is 0 Å². The van der Waals surface area contributed by atoms with Gasteiger partial charge in [0.1, 0.15) is 11.4 Å². The second kappa shape index (κ2) is 5.52. The highest BCUT2D eigenvalue weighted by Crippen LogP contribution is 2.12. The molecule has 7 nitrogen and oxygen atoms in total. The summed E-state index contributed by atoms with van der Waals surface area (Å²) in [6.07, 6.45) is 3.91. The number of amides is 2. The van der Waals surface area contributed by atoms with Crippen LogP contribution in [0.15, 0.2) is 12.4 Å². The molecule has 0 unspecified atom stereocenters. The Kier molecular flexibility index (Phi) is 4.30. The van der Waals surface area contributed by atoms with Gasteiger partial charge in [0.05, 0.1) is 0 Å². The van der Waals surface area contributed by atoms with Crippen molar-refractivity contribution in [3.63, 3.8) is 0 Å². The van der Waals surface area contributed by atoms with E-state index in [1.807, 2.05) is 0 Å².